The molecule has 1 saturated carbocycles. The summed E-state index contributed by atoms with van der Waals surface area (Å²) in [7, 11) is 0. The molecule has 206 valence electrons. The van der Waals surface area contributed by atoms with Crippen molar-refractivity contribution in [3.8, 4) is 0 Å². The lowest BCUT2D eigenvalue weighted by Gasteiger charge is -2.35. The molecule has 2 unspecified atom stereocenters. The van der Waals surface area contributed by atoms with Gasteiger partial charge in [0.2, 0.25) is 5.91 Å². The van der Waals surface area contributed by atoms with Crippen LogP contribution in [0.5, 0.6) is 0 Å². The minimum absolute atomic E-state index is 0.111. The van der Waals surface area contributed by atoms with Crippen LogP contribution < -0.4 is 10.6 Å². The summed E-state index contributed by atoms with van der Waals surface area (Å²) in [4.78, 5) is 42.6. The van der Waals surface area contributed by atoms with Crippen molar-refractivity contribution in [1.82, 2.24) is 10.2 Å². The monoisotopic (exact) mass is 541 g/mol. The summed E-state index contributed by atoms with van der Waals surface area (Å²) in [6.45, 7) is 13.1. The Labute approximate surface area is 231 Å². The Hall–Kier alpha value is -3.06. The zero-order chi connectivity index (χ0) is 28.2. The number of aryl methyl sites for hydroxylation is 2. The molecule has 0 radical (unpaired) electrons. The molecule has 0 heterocycles. The predicted octanol–water partition coefficient (Wildman–Crippen LogP) is 6.57. The largest absolute Gasteiger partial charge is 0.444 e. The third-order valence-corrected chi connectivity index (χ3v) is 6.69. The molecule has 0 bridgehead atoms. The number of para-hydroxylation sites is 1. The van der Waals surface area contributed by atoms with E-state index in [2.05, 4.69) is 10.6 Å². The van der Waals surface area contributed by atoms with E-state index in [0.29, 0.717) is 17.1 Å². The van der Waals surface area contributed by atoms with Crippen LogP contribution in [0.25, 0.3) is 0 Å². The SMILES string of the molecule is Cc1ccccc1C(C(=O)Nc1c(C)cccc1Cl)N(C(=O)C(CC(C)C)NC(=O)OC(C)(C)C)C1CC1. The number of amides is 3. The lowest BCUT2D eigenvalue weighted by Crippen LogP contribution is -2.53. The highest BCUT2D eigenvalue weighted by atomic mass is 35.5. The molecule has 38 heavy (non-hydrogen) atoms. The molecule has 1 aliphatic rings. The summed E-state index contributed by atoms with van der Waals surface area (Å²) in [5, 5.41) is 6.21. The van der Waals surface area contributed by atoms with Gasteiger partial charge in [0.05, 0.1) is 10.7 Å². The summed E-state index contributed by atoms with van der Waals surface area (Å²) in [6, 6.07) is 11.1. The first-order valence-corrected chi connectivity index (χ1v) is 13.6. The molecule has 0 aliphatic heterocycles. The molecule has 2 N–H and O–H groups in total. The second kappa shape index (κ2) is 12.2. The van der Waals surface area contributed by atoms with Crippen LogP contribution in [0.4, 0.5) is 10.5 Å². The van der Waals surface area contributed by atoms with Crippen LogP contribution in [-0.2, 0) is 14.3 Å². The van der Waals surface area contributed by atoms with Gasteiger partial charge in [0.15, 0.2) is 0 Å². The van der Waals surface area contributed by atoms with Crippen LogP contribution in [0, 0.1) is 19.8 Å². The Morgan fingerprint density at radius 1 is 1.03 bits per heavy atom. The van der Waals surface area contributed by atoms with Gasteiger partial charge in [0.25, 0.3) is 5.91 Å². The molecule has 3 rings (SSSR count). The molecule has 3 amide bonds. The molecule has 7 nitrogen and oxygen atoms in total. The van der Waals surface area contributed by atoms with Gasteiger partial charge in [-0.3, -0.25) is 9.59 Å². The maximum atomic E-state index is 14.2. The highest BCUT2D eigenvalue weighted by molar-refractivity contribution is 6.34. The minimum Gasteiger partial charge on any atom is -0.444 e. The lowest BCUT2D eigenvalue weighted by molar-refractivity contribution is -0.141. The van der Waals surface area contributed by atoms with Gasteiger partial charge < -0.3 is 20.3 Å². The second-order valence-electron chi connectivity index (χ2n) is 11.5. The number of nitrogens with one attached hydrogen (secondary N) is 2. The van der Waals surface area contributed by atoms with Crippen LogP contribution in [-0.4, -0.2) is 40.5 Å². The number of hydrogen-bond acceptors (Lipinski definition) is 4. The Morgan fingerprint density at radius 2 is 1.66 bits per heavy atom. The number of alkyl carbamates (subject to hydrolysis) is 1. The van der Waals surface area contributed by atoms with Crippen molar-refractivity contribution in [1.29, 1.82) is 0 Å². The molecule has 1 fully saturated rings. The fourth-order valence-corrected chi connectivity index (χ4v) is 4.76. The molecule has 2 aromatic carbocycles. The molecule has 2 atom stereocenters. The molecule has 0 saturated heterocycles. The number of benzene rings is 2. The average Bonchev–Trinajstić information content (AvgIpc) is 3.63. The summed E-state index contributed by atoms with van der Waals surface area (Å²) in [5.41, 5.74) is 2.26. The zero-order valence-electron chi connectivity index (χ0n) is 23.4. The van der Waals surface area contributed by atoms with Crippen molar-refractivity contribution in [2.75, 3.05) is 5.32 Å². The van der Waals surface area contributed by atoms with Crippen LogP contribution in [0.1, 0.15) is 76.6 Å². The molecule has 8 heteroatoms. The van der Waals surface area contributed by atoms with Gasteiger partial charge >= 0.3 is 6.09 Å². The van der Waals surface area contributed by atoms with Crippen molar-refractivity contribution >= 4 is 35.2 Å². The first-order valence-electron chi connectivity index (χ1n) is 13.2. The first-order chi connectivity index (χ1) is 17.8. The van der Waals surface area contributed by atoms with E-state index in [1.54, 1.807) is 31.7 Å². The highest BCUT2D eigenvalue weighted by Gasteiger charge is 2.44. The Kier molecular flexibility index (Phi) is 9.47. The third-order valence-electron chi connectivity index (χ3n) is 6.37. The molecular formula is C30H40ClN3O4. The number of anilines is 1. The van der Waals surface area contributed by atoms with Crippen LogP contribution in [0.3, 0.4) is 0 Å². The van der Waals surface area contributed by atoms with Crippen LogP contribution >= 0.6 is 11.6 Å². The minimum atomic E-state index is -0.901. The van der Waals surface area contributed by atoms with Gasteiger partial charge in [-0.25, -0.2) is 4.79 Å². The van der Waals surface area contributed by atoms with E-state index in [-0.39, 0.29) is 23.8 Å². The van der Waals surface area contributed by atoms with Crippen molar-refractivity contribution in [2.24, 2.45) is 5.92 Å². The van der Waals surface area contributed by atoms with Gasteiger partial charge in [-0.2, -0.15) is 0 Å². The van der Waals surface area contributed by atoms with E-state index < -0.39 is 23.8 Å². The number of rotatable bonds is 9. The van der Waals surface area contributed by atoms with E-state index in [1.807, 2.05) is 64.1 Å². The van der Waals surface area contributed by atoms with Crippen molar-refractivity contribution < 1.29 is 19.1 Å². The van der Waals surface area contributed by atoms with E-state index >= 15 is 0 Å². The first kappa shape index (κ1) is 29.5. The van der Waals surface area contributed by atoms with E-state index in [1.165, 1.54) is 0 Å². The fraction of sp³-hybridized carbons (Fsp3) is 0.500. The topological polar surface area (TPSA) is 87.7 Å². The van der Waals surface area contributed by atoms with Crippen LogP contribution in [0.15, 0.2) is 42.5 Å². The number of hydrogen-bond donors (Lipinski definition) is 2. The molecule has 1 aliphatic carbocycles. The standard InChI is InChI=1S/C30H40ClN3O4/c1-18(2)17-24(32-29(37)38-30(5,6)7)28(36)34(21-15-16-21)26(22-13-9-8-11-19(22)3)27(35)33-25-20(4)12-10-14-23(25)31/h8-14,18,21,24,26H,15-17H2,1-7H3,(H,32,37)(H,33,35). The zero-order valence-corrected chi connectivity index (χ0v) is 24.2. The Balaban J connectivity index is 2.03. The number of halogens is 1. The molecule has 2 aromatic rings. The van der Waals surface area contributed by atoms with Gasteiger partial charge in [-0.05, 0) is 82.6 Å². The van der Waals surface area contributed by atoms with Gasteiger partial charge in [-0.15, -0.1) is 0 Å². The summed E-state index contributed by atoms with van der Waals surface area (Å²) < 4.78 is 5.46. The van der Waals surface area contributed by atoms with Crippen molar-refractivity contribution in [3.63, 3.8) is 0 Å². The van der Waals surface area contributed by atoms with Gasteiger partial charge in [-0.1, -0.05) is 61.8 Å². The summed E-state index contributed by atoms with van der Waals surface area (Å²) >= 11 is 6.43. The Bertz CT molecular complexity index is 1150. The average molecular weight is 542 g/mol. The normalized spacial score (nSPS) is 15.0. The van der Waals surface area contributed by atoms with Gasteiger partial charge in [0, 0.05) is 6.04 Å². The smallest absolute Gasteiger partial charge is 0.408 e. The van der Waals surface area contributed by atoms with E-state index in [9.17, 15) is 14.4 Å². The number of ether oxygens (including phenoxy) is 1. The number of nitrogens with zero attached hydrogens (tertiary/aromatic N) is 1. The second-order valence-corrected chi connectivity index (χ2v) is 11.9. The Morgan fingerprint density at radius 3 is 2.21 bits per heavy atom. The van der Waals surface area contributed by atoms with Crippen LogP contribution in [0.2, 0.25) is 5.02 Å². The lowest BCUT2D eigenvalue weighted by atomic mass is 9.96. The predicted molar refractivity (Wildman–Crippen MR) is 151 cm³/mol. The summed E-state index contributed by atoms with van der Waals surface area (Å²) in [6.07, 6.45) is 1.32. The quantitative estimate of drug-likeness (QED) is 0.376. The molecular weight excluding hydrogens is 502 g/mol. The molecule has 0 spiro atoms. The number of carbonyl (C=O) groups is 3. The number of carbonyl (C=O) groups excluding carboxylic acids is 3. The fourth-order valence-electron chi connectivity index (χ4n) is 4.49. The maximum absolute atomic E-state index is 14.2. The maximum Gasteiger partial charge on any atom is 0.408 e. The van der Waals surface area contributed by atoms with E-state index in [0.717, 1.165) is 29.5 Å². The van der Waals surface area contributed by atoms with E-state index in [4.69, 9.17) is 16.3 Å². The molecule has 0 aromatic heterocycles. The highest BCUT2D eigenvalue weighted by Crippen LogP contribution is 2.38. The summed E-state index contributed by atoms with van der Waals surface area (Å²) in [5.74, 6) is -0.529. The van der Waals surface area contributed by atoms with Gasteiger partial charge in [0.1, 0.15) is 17.7 Å². The van der Waals surface area contributed by atoms with Crippen molar-refractivity contribution in [2.45, 2.75) is 91.5 Å². The van der Waals surface area contributed by atoms with Crippen molar-refractivity contribution in [3.05, 3.63) is 64.2 Å². The third kappa shape index (κ3) is 7.73.